The van der Waals surface area contributed by atoms with E-state index in [0.717, 1.165) is 98.2 Å². The normalized spacial score (nSPS) is 13.0. The molecule has 4 N–H and O–H groups in total. The number of carbonyl (C=O) groups excluding carboxylic acids is 3. The molecule has 1 saturated heterocycles. The topological polar surface area (TPSA) is 197 Å². The van der Waals surface area contributed by atoms with Crippen LogP contribution < -0.4 is 5.32 Å². The third-order valence-electron chi connectivity index (χ3n) is 14.5. The second kappa shape index (κ2) is 24.0. The van der Waals surface area contributed by atoms with Crippen molar-refractivity contribution in [2.24, 2.45) is 4.99 Å². The Morgan fingerprint density at radius 2 is 1.55 bits per heavy atom. The Balaban J connectivity index is 0.000000137. The summed E-state index contributed by atoms with van der Waals surface area (Å²) in [7, 11) is 0. The largest absolute Gasteiger partial charge is 0.353 e. The molecule has 4 aromatic heterocycles. The summed E-state index contributed by atoms with van der Waals surface area (Å²) in [4.78, 5) is 59.3. The molecule has 0 radical (unpaired) electrons. The molecule has 6 heterocycles. The molecule has 2 aliphatic heterocycles. The monoisotopic (exact) mass is 1050 g/mol. The number of aromatic nitrogens is 6. The average Bonchev–Trinajstić information content (AvgIpc) is 4.31. The number of fused-ring (bicyclic) bond motifs is 4. The van der Waals surface area contributed by atoms with Gasteiger partial charge in [0.2, 0.25) is 0 Å². The van der Waals surface area contributed by atoms with Crippen molar-refractivity contribution >= 4 is 73.1 Å². The number of aliphatic imine (C=N–C) groups is 1. The van der Waals surface area contributed by atoms with Gasteiger partial charge < -0.3 is 15.2 Å². The van der Waals surface area contributed by atoms with Crippen LogP contribution >= 0.6 is 0 Å². The molecule has 0 spiro atoms. The van der Waals surface area contributed by atoms with Gasteiger partial charge >= 0.3 is 0 Å². The number of anilines is 1. The molecule has 0 bridgehead atoms. The number of nitrogens with zero attached hydrogens (tertiary/aromatic N) is 8. The number of nitrogens with one attached hydrogen (secondary N) is 4. The standard InChI is InChI=1S/C25H18N4O.C24H26N4O.C16H12N4O/c1-15-3-4-17-12-23(29-22(17)11-15)24-21-13-20(10-7-18(21)14-27-24)28-25(30)16-5-8-19(26-2)9-6-16;1-2-11-28-12-9-18(10-13-28)24-21-14-17(7-8-22(21)26-27-24)15-23(29)20-6-4-3-5-19(20)16-25;1-10-14-6-11(9-18-16(14)20-19-10)7-15(21)12-4-3-5-13(8-12)17-2/h3-13,29H,14H2,1H3,(H,28,30);3-8,14,18H,2,9-13,15H2,1H3,(H,26,27);3-6,8-9H,7H2,1H3,(H,18,19,20). The third-order valence-corrected chi connectivity index (χ3v) is 14.5. The van der Waals surface area contributed by atoms with Gasteiger partial charge in [-0.3, -0.25) is 29.6 Å². The lowest BCUT2D eigenvalue weighted by Crippen LogP contribution is -2.33. The van der Waals surface area contributed by atoms with Crippen molar-refractivity contribution < 1.29 is 14.4 Å². The Bertz CT molecular complexity index is 4140. The van der Waals surface area contributed by atoms with Crippen LogP contribution in [0.25, 0.3) is 42.5 Å². The highest BCUT2D eigenvalue weighted by molar-refractivity contribution is 6.16. The molecular weight excluding hydrogens is 997 g/mol. The van der Waals surface area contributed by atoms with Crippen LogP contribution in [0.3, 0.4) is 0 Å². The Kier molecular flexibility index (Phi) is 16.0. The van der Waals surface area contributed by atoms with Crippen LogP contribution in [0.15, 0.2) is 151 Å². The fourth-order valence-corrected chi connectivity index (χ4v) is 10.3. The first-order chi connectivity index (χ1) is 39.0. The van der Waals surface area contributed by atoms with E-state index in [1.807, 2.05) is 43.3 Å². The molecule has 1 amide bonds. The van der Waals surface area contributed by atoms with Crippen molar-refractivity contribution in [3.05, 3.63) is 236 Å². The summed E-state index contributed by atoms with van der Waals surface area (Å²) in [5.41, 5.74) is 15.6. The fourth-order valence-electron chi connectivity index (χ4n) is 10.3. The summed E-state index contributed by atoms with van der Waals surface area (Å²) in [6.07, 6.45) is 5.68. The van der Waals surface area contributed by atoms with Gasteiger partial charge in [0.15, 0.2) is 28.6 Å². The van der Waals surface area contributed by atoms with E-state index in [0.29, 0.717) is 51.7 Å². The van der Waals surface area contributed by atoms with Crippen molar-refractivity contribution in [1.29, 1.82) is 5.26 Å². The first-order valence-corrected chi connectivity index (χ1v) is 26.6. The maximum absolute atomic E-state index is 12.8. The second-order valence-electron chi connectivity index (χ2n) is 20.1. The van der Waals surface area contributed by atoms with Crippen molar-refractivity contribution in [1.82, 2.24) is 35.3 Å². The minimum Gasteiger partial charge on any atom is -0.353 e. The molecular formula is C65H56N12O3. The van der Waals surface area contributed by atoms with Gasteiger partial charge in [0.25, 0.3) is 5.91 Å². The van der Waals surface area contributed by atoms with Crippen LogP contribution in [-0.2, 0) is 19.4 Å². The van der Waals surface area contributed by atoms with E-state index in [-0.39, 0.29) is 30.3 Å². The van der Waals surface area contributed by atoms with E-state index in [1.165, 1.54) is 24.2 Å². The number of amides is 1. The fraction of sp³-hybridized carbons (Fsp3) is 0.200. The zero-order chi connectivity index (χ0) is 55.7. The number of nitriles is 1. The van der Waals surface area contributed by atoms with Gasteiger partial charge in [-0.15, -0.1) is 0 Å². The van der Waals surface area contributed by atoms with Gasteiger partial charge in [0, 0.05) is 86.0 Å². The van der Waals surface area contributed by atoms with Gasteiger partial charge in [-0.05, 0) is 130 Å². The number of ketones is 2. The molecule has 0 aliphatic carbocycles. The molecule has 6 aromatic carbocycles. The molecule has 15 nitrogen and oxygen atoms in total. The van der Waals surface area contributed by atoms with E-state index < -0.39 is 0 Å². The molecule has 0 unspecified atom stereocenters. The molecule has 80 heavy (non-hydrogen) atoms. The summed E-state index contributed by atoms with van der Waals surface area (Å²) < 4.78 is 0. The number of rotatable bonds is 12. The number of pyridine rings is 1. The van der Waals surface area contributed by atoms with Crippen molar-refractivity contribution in [3.8, 4) is 6.07 Å². The maximum atomic E-state index is 12.8. The highest BCUT2D eigenvalue weighted by Gasteiger charge is 2.25. The quantitative estimate of drug-likeness (QED) is 0.0684. The molecule has 2 aliphatic rings. The number of benzene rings is 6. The van der Waals surface area contributed by atoms with Gasteiger partial charge in [-0.25, -0.2) is 14.7 Å². The molecule has 0 saturated carbocycles. The van der Waals surface area contributed by atoms with Crippen LogP contribution in [0, 0.1) is 38.3 Å². The Morgan fingerprint density at radius 1 is 0.762 bits per heavy atom. The number of aryl methyl sites for hydroxylation is 2. The number of hydrogen-bond donors (Lipinski definition) is 4. The highest BCUT2D eigenvalue weighted by atomic mass is 16.1. The maximum Gasteiger partial charge on any atom is 0.255 e. The number of H-pyrrole nitrogens is 3. The molecule has 1 fully saturated rings. The summed E-state index contributed by atoms with van der Waals surface area (Å²) in [5, 5.41) is 30.1. The summed E-state index contributed by atoms with van der Waals surface area (Å²) in [5.74, 6) is 0.227. The molecule has 15 heteroatoms. The lowest BCUT2D eigenvalue weighted by molar-refractivity contribution is 0.0984. The van der Waals surface area contributed by atoms with Gasteiger partial charge in [-0.2, -0.15) is 15.5 Å². The number of hydrogen-bond acceptors (Lipinski definition) is 9. The third kappa shape index (κ3) is 12.0. The molecule has 12 rings (SSSR count). The highest BCUT2D eigenvalue weighted by Crippen LogP contribution is 2.33. The first kappa shape index (κ1) is 53.3. The average molecular weight is 1050 g/mol. The van der Waals surface area contributed by atoms with Gasteiger partial charge in [-0.1, -0.05) is 91.9 Å². The van der Waals surface area contributed by atoms with Gasteiger partial charge in [0.1, 0.15) is 0 Å². The molecule has 394 valence electrons. The van der Waals surface area contributed by atoms with E-state index in [2.05, 4.69) is 101 Å². The predicted octanol–water partition coefficient (Wildman–Crippen LogP) is 13.3. The lowest BCUT2D eigenvalue weighted by atomic mass is 9.90. The molecule has 10 aromatic rings. The number of aromatic amines is 3. The van der Waals surface area contributed by atoms with Crippen LogP contribution in [0.5, 0.6) is 0 Å². The van der Waals surface area contributed by atoms with Crippen molar-refractivity contribution in [3.63, 3.8) is 0 Å². The van der Waals surface area contributed by atoms with Crippen molar-refractivity contribution in [2.45, 2.75) is 65.3 Å². The smallest absolute Gasteiger partial charge is 0.255 e. The van der Waals surface area contributed by atoms with Crippen molar-refractivity contribution in [2.75, 3.05) is 25.0 Å². The zero-order valence-corrected chi connectivity index (χ0v) is 44.6. The predicted molar refractivity (Wildman–Crippen MR) is 313 cm³/mol. The SMILES string of the molecule is CCCN1CCC(c2[nH]nc3ccc(CC(=O)c4ccccc4C#N)cc23)CC1.[C-]#[N+]c1ccc(C(=O)Nc2ccc3c(c2)C(c2cc4ccc(C)cc4[nH]2)=NC3)cc1.[C-]#[N+]c1cccc(C(=O)Cc2cnc3n[nH]c(C)c3c2)c1. The Morgan fingerprint density at radius 3 is 2.34 bits per heavy atom. The van der Waals surface area contributed by atoms with Crippen LogP contribution in [0.2, 0.25) is 0 Å². The van der Waals surface area contributed by atoms with Crippen LogP contribution in [0.4, 0.5) is 17.1 Å². The number of piperidine rings is 1. The van der Waals surface area contributed by atoms with E-state index in [9.17, 15) is 19.6 Å². The Hall–Kier alpha value is -10.1. The number of carbonyl (C=O) groups is 3. The lowest BCUT2D eigenvalue weighted by Gasteiger charge is -2.31. The number of likely N-dealkylation sites (tertiary alicyclic amines) is 1. The minimum atomic E-state index is -0.205. The van der Waals surface area contributed by atoms with Crippen LogP contribution in [0.1, 0.15) is 114 Å². The zero-order valence-electron chi connectivity index (χ0n) is 44.6. The second-order valence-corrected chi connectivity index (χ2v) is 20.1. The summed E-state index contributed by atoms with van der Waals surface area (Å²) in [6.45, 7) is 24.3. The van der Waals surface area contributed by atoms with E-state index in [1.54, 1.807) is 79.0 Å². The van der Waals surface area contributed by atoms with Gasteiger partial charge in [0.05, 0.1) is 48.2 Å². The summed E-state index contributed by atoms with van der Waals surface area (Å²) >= 11 is 0. The minimum absolute atomic E-state index is 0.0252. The summed E-state index contributed by atoms with van der Waals surface area (Å²) in [6, 6.07) is 44.8. The van der Waals surface area contributed by atoms with Crippen LogP contribution in [-0.4, -0.2) is 78.1 Å². The number of Topliss-reactive ketones (excluding diaryl/α,β-unsaturated/α-hetero) is 2. The van der Waals surface area contributed by atoms with E-state index >= 15 is 0 Å². The van der Waals surface area contributed by atoms with E-state index in [4.69, 9.17) is 18.1 Å². The Labute approximate surface area is 463 Å². The molecule has 0 atom stereocenters. The first-order valence-electron chi connectivity index (χ1n) is 26.6.